The summed E-state index contributed by atoms with van der Waals surface area (Å²) in [6.45, 7) is 7.56. The Hall–Kier alpha value is -1.14. The number of rotatable bonds is 7. The van der Waals surface area contributed by atoms with Crippen LogP contribution < -0.4 is 16.4 Å². The quantitative estimate of drug-likeness (QED) is 0.532. The second-order valence-corrected chi connectivity index (χ2v) is 6.46. The van der Waals surface area contributed by atoms with Crippen LogP contribution in [0.15, 0.2) is 16.5 Å². The fourth-order valence-corrected chi connectivity index (χ4v) is 3.54. The first kappa shape index (κ1) is 16.9. The summed E-state index contributed by atoms with van der Waals surface area (Å²) in [7, 11) is 0. The number of hydrogen-bond acceptors (Lipinski definition) is 5. The molecule has 0 spiro atoms. The van der Waals surface area contributed by atoms with Crippen LogP contribution in [0.25, 0.3) is 0 Å². The van der Waals surface area contributed by atoms with Gasteiger partial charge >= 0.3 is 0 Å². The normalized spacial score (nSPS) is 10.2. The van der Waals surface area contributed by atoms with Crippen molar-refractivity contribution in [1.29, 1.82) is 0 Å². The highest BCUT2D eigenvalue weighted by Crippen LogP contribution is 2.41. The zero-order valence-electron chi connectivity index (χ0n) is 12.5. The van der Waals surface area contributed by atoms with Crippen LogP contribution in [-0.4, -0.2) is 25.3 Å². The van der Waals surface area contributed by atoms with E-state index < -0.39 is 0 Å². The highest BCUT2D eigenvalue weighted by atomic mass is 32.2. The minimum absolute atomic E-state index is 0.0834. The second-order valence-electron chi connectivity index (χ2n) is 4.63. The molecule has 1 aromatic rings. The minimum Gasteiger partial charge on any atom is -0.396 e. The lowest BCUT2D eigenvalue weighted by Gasteiger charge is -2.03. The van der Waals surface area contributed by atoms with Gasteiger partial charge in [-0.05, 0) is 26.5 Å². The van der Waals surface area contributed by atoms with E-state index in [9.17, 15) is 4.79 Å². The summed E-state index contributed by atoms with van der Waals surface area (Å²) in [6, 6.07) is 0. The molecule has 0 atom stereocenters. The van der Waals surface area contributed by atoms with Crippen molar-refractivity contribution in [1.82, 2.24) is 5.32 Å². The Bertz CT molecular complexity index is 491. The first-order valence-electron chi connectivity index (χ1n) is 6.62. The number of nitrogens with one attached hydrogen (secondary N) is 2. The SMILES string of the molecule is CCCNC(=O)c1sc(NCC=C(C)C)c(SC)c1N. The van der Waals surface area contributed by atoms with E-state index >= 15 is 0 Å². The maximum Gasteiger partial charge on any atom is 0.263 e. The molecule has 112 valence electrons. The number of nitrogen functional groups attached to an aromatic ring is 1. The van der Waals surface area contributed by atoms with Crippen LogP contribution in [0.1, 0.15) is 36.9 Å². The predicted octanol–water partition coefficient (Wildman–Crippen LogP) is 3.57. The smallest absolute Gasteiger partial charge is 0.263 e. The lowest BCUT2D eigenvalue weighted by molar-refractivity contribution is 0.0958. The van der Waals surface area contributed by atoms with Gasteiger partial charge in [0.15, 0.2) is 0 Å². The molecule has 0 saturated carbocycles. The van der Waals surface area contributed by atoms with Gasteiger partial charge in [0, 0.05) is 13.1 Å². The molecule has 6 heteroatoms. The molecule has 0 aliphatic carbocycles. The van der Waals surface area contributed by atoms with Crippen molar-refractivity contribution in [3.63, 3.8) is 0 Å². The zero-order chi connectivity index (χ0) is 15.1. The average molecular weight is 313 g/mol. The van der Waals surface area contributed by atoms with E-state index in [1.807, 2.05) is 13.2 Å². The van der Waals surface area contributed by atoms with Gasteiger partial charge in [-0.3, -0.25) is 4.79 Å². The Labute approximate surface area is 129 Å². The summed E-state index contributed by atoms with van der Waals surface area (Å²) in [5, 5.41) is 7.17. The van der Waals surface area contributed by atoms with Crippen molar-refractivity contribution >= 4 is 39.7 Å². The van der Waals surface area contributed by atoms with E-state index in [1.54, 1.807) is 11.8 Å². The Balaban J connectivity index is 2.90. The second kappa shape index (κ2) is 8.21. The van der Waals surface area contributed by atoms with Crippen LogP contribution in [0.2, 0.25) is 0 Å². The third-order valence-electron chi connectivity index (χ3n) is 2.62. The topological polar surface area (TPSA) is 67.2 Å². The largest absolute Gasteiger partial charge is 0.396 e. The number of nitrogens with two attached hydrogens (primary N) is 1. The minimum atomic E-state index is -0.0834. The van der Waals surface area contributed by atoms with Gasteiger partial charge in [0.2, 0.25) is 0 Å². The third kappa shape index (κ3) is 4.45. The van der Waals surface area contributed by atoms with E-state index in [4.69, 9.17) is 5.73 Å². The molecule has 0 radical (unpaired) electrons. The molecule has 1 amide bonds. The van der Waals surface area contributed by atoms with Crippen molar-refractivity contribution in [3.05, 3.63) is 16.5 Å². The lowest BCUT2D eigenvalue weighted by atomic mass is 10.3. The van der Waals surface area contributed by atoms with Gasteiger partial charge in [-0.2, -0.15) is 0 Å². The van der Waals surface area contributed by atoms with Gasteiger partial charge in [-0.15, -0.1) is 23.1 Å². The van der Waals surface area contributed by atoms with Crippen LogP contribution >= 0.6 is 23.1 Å². The van der Waals surface area contributed by atoms with Gasteiger partial charge in [0.05, 0.1) is 10.6 Å². The molecular weight excluding hydrogens is 290 g/mol. The molecule has 0 fully saturated rings. The van der Waals surface area contributed by atoms with Gasteiger partial charge in [0.25, 0.3) is 5.91 Å². The van der Waals surface area contributed by atoms with Crippen LogP contribution in [0.5, 0.6) is 0 Å². The van der Waals surface area contributed by atoms with Crippen LogP contribution in [0.3, 0.4) is 0 Å². The van der Waals surface area contributed by atoms with E-state index in [-0.39, 0.29) is 5.91 Å². The summed E-state index contributed by atoms with van der Waals surface area (Å²) in [6.07, 6.45) is 4.99. The van der Waals surface area contributed by atoms with Crippen LogP contribution in [0, 0.1) is 0 Å². The van der Waals surface area contributed by atoms with Crippen molar-refractivity contribution < 1.29 is 4.79 Å². The molecule has 0 aliphatic rings. The maximum absolute atomic E-state index is 12.1. The Kier molecular flexibility index (Phi) is 6.95. The summed E-state index contributed by atoms with van der Waals surface area (Å²) in [5.41, 5.74) is 7.93. The summed E-state index contributed by atoms with van der Waals surface area (Å²) < 4.78 is 0. The Morgan fingerprint density at radius 1 is 1.45 bits per heavy atom. The van der Waals surface area contributed by atoms with E-state index in [0.29, 0.717) is 17.1 Å². The van der Waals surface area contributed by atoms with Crippen molar-refractivity contribution in [3.8, 4) is 0 Å². The summed E-state index contributed by atoms with van der Waals surface area (Å²) >= 11 is 2.99. The van der Waals surface area contributed by atoms with Crippen LogP contribution in [0.4, 0.5) is 10.7 Å². The fourth-order valence-electron chi connectivity index (χ4n) is 1.58. The number of carbonyl (C=O) groups excluding carboxylic acids is 1. The van der Waals surface area contributed by atoms with Gasteiger partial charge < -0.3 is 16.4 Å². The highest BCUT2D eigenvalue weighted by molar-refractivity contribution is 7.99. The maximum atomic E-state index is 12.1. The highest BCUT2D eigenvalue weighted by Gasteiger charge is 2.19. The van der Waals surface area contributed by atoms with E-state index in [2.05, 4.69) is 30.6 Å². The monoisotopic (exact) mass is 313 g/mol. The third-order valence-corrected chi connectivity index (χ3v) is 4.74. The van der Waals surface area contributed by atoms with Crippen LogP contribution in [-0.2, 0) is 0 Å². The molecule has 1 rings (SSSR count). The molecule has 1 aromatic heterocycles. The summed E-state index contributed by atoms with van der Waals surface area (Å²) in [5.74, 6) is -0.0834. The molecular formula is C14H23N3OS2. The fraction of sp³-hybridized carbons (Fsp3) is 0.500. The standard InChI is InChI=1S/C14H23N3OS2/c1-5-7-16-13(18)11-10(15)12(19-4)14(20-11)17-8-6-9(2)3/h6,17H,5,7-8,15H2,1-4H3,(H,16,18). The number of anilines is 2. The predicted molar refractivity (Wildman–Crippen MR) is 91.1 cm³/mol. The molecule has 0 aliphatic heterocycles. The molecule has 0 unspecified atom stereocenters. The van der Waals surface area contributed by atoms with Gasteiger partial charge in [-0.1, -0.05) is 18.6 Å². The summed E-state index contributed by atoms with van der Waals surface area (Å²) in [4.78, 5) is 13.6. The Morgan fingerprint density at radius 3 is 2.70 bits per heavy atom. The van der Waals surface area contributed by atoms with Crippen molar-refractivity contribution in [2.45, 2.75) is 32.1 Å². The number of amides is 1. The van der Waals surface area contributed by atoms with Gasteiger partial charge in [0.1, 0.15) is 9.88 Å². The van der Waals surface area contributed by atoms with E-state index in [1.165, 1.54) is 16.9 Å². The van der Waals surface area contributed by atoms with Gasteiger partial charge in [-0.25, -0.2) is 0 Å². The zero-order valence-corrected chi connectivity index (χ0v) is 14.1. The number of hydrogen-bond donors (Lipinski definition) is 3. The molecule has 0 saturated heterocycles. The first-order valence-corrected chi connectivity index (χ1v) is 8.67. The van der Waals surface area contributed by atoms with Crippen molar-refractivity contribution in [2.75, 3.05) is 30.4 Å². The molecule has 4 nitrogen and oxygen atoms in total. The molecule has 0 aromatic carbocycles. The number of allylic oxidation sites excluding steroid dienone is 1. The number of carbonyl (C=O) groups is 1. The lowest BCUT2D eigenvalue weighted by Crippen LogP contribution is -2.23. The van der Waals surface area contributed by atoms with Crippen molar-refractivity contribution in [2.24, 2.45) is 0 Å². The first-order chi connectivity index (χ1) is 9.51. The molecule has 4 N–H and O–H groups in total. The average Bonchev–Trinajstić information content (AvgIpc) is 2.72. The van der Waals surface area contributed by atoms with E-state index in [0.717, 1.165) is 22.9 Å². The molecule has 0 bridgehead atoms. The molecule has 20 heavy (non-hydrogen) atoms. The molecule has 1 heterocycles. The number of thioether (sulfide) groups is 1. The Morgan fingerprint density at radius 2 is 2.15 bits per heavy atom. The number of thiophene rings is 1.